The Hall–Kier alpha value is -0.440. The Labute approximate surface area is 103 Å². The second-order valence-corrected chi connectivity index (χ2v) is 4.02. The van der Waals surface area contributed by atoms with Gasteiger partial charge in [-0.1, -0.05) is 23.2 Å². The Bertz CT molecular complexity index is 377. The third-order valence-corrected chi connectivity index (χ3v) is 2.50. The van der Waals surface area contributed by atoms with Crippen molar-refractivity contribution < 1.29 is 9.53 Å². The monoisotopic (exact) mass is 266 g/mol. The molecule has 1 aromatic carbocycles. The molecular formula is C10H9Cl3O2. The maximum Gasteiger partial charge on any atom is 0.165 e. The molecule has 0 spiro atoms. The van der Waals surface area contributed by atoms with Gasteiger partial charge in [0.1, 0.15) is 12.4 Å². The van der Waals surface area contributed by atoms with E-state index in [1.165, 1.54) is 6.92 Å². The first-order valence-electron chi connectivity index (χ1n) is 4.25. The molecule has 0 aliphatic rings. The third-order valence-electron chi connectivity index (χ3n) is 1.73. The number of Topliss-reactive ketones (excluding diaryl/α,β-unsaturated/α-hetero) is 1. The highest BCUT2D eigenvalue weighted by molar-refractivity contribution is 6.37. The highest BCUT2D eigenvalue weighted by Crippen LogP contribution is 2.34. The molecule has 0 aromatic heterocycles. The summed E-state index contributed by atoms with van der Waals surface area (Å²) in [6.07, 6.45) is 0. The minimum atomic E-state index is -0.188. The first-order valence-corrected chi connectivity index (χ1v) is 5.54. The van der Waals surface area contributed by atoms with Crippen molar-refractivity contribution in [1.29, 1.82) is 0 Å². The molecule has 15 heavy (non-hydrogen) atoms. The zero-order valence-electron chi connectivity index (χ0n) is 8.02. The molecule has 0 aliphatic carbocycles. The molecule has 0 amide bonds. The molecule has 2 nitrogen and oxygen atoms in total. The molecule has 0 saturated heterocycles. The number of hydrogen-bond acceptors (Lipinski definition) is 2. The van der Waals surface area contributed by atoms with E-state index in [4.69, 9.17) is 39.5 Å². The highest BCUT2D eigenvalue weighted by atomic mass is 35.5. The first-order chi connectivity index (χ1) is 7.07. The summed E-state index contributed by atoms with van der Waals surface area (Å²) >= 11 is 17.3. The van der Waals surface area contributed by atoms with Crippen LogP contribution in [0.4, 0.5) is 0 Å². The van der Waals surface area contributed by atoms with Gasteiger partial charge in [-0.15, -0.1) is 11.6 Å². The summed E-state index contributed by atoms with van der Waals surface area (Å²) in [7, 11) is 0. The number of ether oxygens (including phenoxy) is 1. The van der Waals surface area contributed by atoms with Gasteiger partial charge in [0, 0.05) is 0 Å². The van der Waals surface area contributed by atoms with Gasteiger partial charge in [-0.25, -0.2) is 0 Å². The van der Waals surface area contributed by atoms with Crippen LogP contribution in [0.25, 0.3) is 0 Å². The topological polar surface area (TPSA) is 26.3 Å². The van der Waals surface area contributed by atoms with E-state index >= 15 is 0 Å². The molecule has 0 N–H and O–H groups in total. The van der Waals surface area contributed by atoms with Gasteiger partial charge >= 0.3 is 0 Å². The number of hydrogen-bond donors (Lipinski definition) is 0. The zero-order chi connectivity index (χ0) is 11.4. The molecule has 1 aromatic rings. The summed E-state index contributed by atoms with van der Waals surface area (Å²) in [5, 5.41) is 0.686. The maximum atomic E-state index is 11.3. The molecule has 5 heteroatoms. The van der Waals surface area contributed by atoms with Crippen molar-refractivity contribution in [3.63, 3.8) is 0 Å². The summed E-state index contributed by atoms with van der Waals surface area (Å²) in [4.78, 5) is 11.3. The van der Waals surface area contributed by atoms with Crippen LogP contribution in [-0.4, -0.2) is 18.3 Å². The van der Waals surface area contributed by atoms with Gasteiger partial charge in [0.25, 0.3) is 0 Å². The quantitative estimate of drug-likeness (QED) is 0.612. The smallest absolute Gasteiger partial charge is 0.165 e. The fourth-order valence-electron chi connectivity index (χ4n) is 1.14. The van der Waals surface area contributed by atoms with E-state index in [9.17, 15) is 4.79 Å². The largest absolute Gasteiger partial charge is 0.490 e. The van der Waals surface area contributed by atoms with Crippen LogP contribution in [0, 0.1) is 0 Å². The lowest BCUT2D eigenvalue weighted by atomic mass is 10.1. The lowest BCUT2D eigenvalue weighted by Crippen LogP contribution is -2.05. The van der Waals surface area contributed by atoms with Crippen LogP contribution >= 0.6 is 34.8 Å². The first kappa shape index (κ1) is 12.6. The summed E-state index contributed by atoms with van der Waals surface area (Å²) in [5.74, 6) is 0.435. The number of halogens is 3. The van der Waals surface area contributed by atoms with Gasteiger partial charge in [-0.05, 0) is 19.1 Å². The normalized spacial score (nSPS) is 10.1. The second-order valence-electron chi connectivity index (χ2n) is 2.83. The van der Waals surface area contributed by atoms with Gasteiger partial charge < -0.3 is 4.74 Å². The van der Waals surface area contributed by atoms with E-state index in [0.29, 0.717) is 27.2 Å². The fourth-order valence-corrected chi connectivity index (χ4v) is 1.71. The van der Waals surface area contributed by atoms with Gasteiger partial charge in [-0.3, -0.25) is 4.79 Å². The molecule has 1 rings (SSSR count). The number of benzene rings is 1. The lowest BCUT2D eigenvalue weighted by Gasteiger charge is -2.11. The van der Waals surface area contributed by atoms with E-state index in [1.54, 1.807) is 12.1 Å². The lowest BCUT2D eigenvalue weighted by molar-refractivity contribution is 0.101. The molecule has 0 bridgehead atoms. The number of ketones is 1. The Morgan fingerprint density at radius 1 is 1.33 bits per heavy atom. The highest BCUT2D eigenvalue weighted by Gasteiger charge is 2.16. The van der Waals surface area contributed by atoms with Crippen LogP contribution < -0.4 is 4.74 Å². The average Bonchev–Trinajstić information content (AvgIpc) is 2.18. The molecule has 0 fully saturated rings. The number of alkyl halides is 1. The summed E-state index contributed by atoms with van der Waals surface area (Å²) in [5.41, 5.74) is 0.300. The fraction of sp³-hybridized carbons (Fsp3) is 0.300. The zero-order valence-corrected chi connectivity index (χ0v) is 10.3. The van der Waals surface area contributed by atoms with Crippen LogP contribution in [0.1, 0.15) is 17.3 Å². The summed E-state index contributed by atoms with van der Waals surface area (Å²) in [6.45, 7) is 1.69. The SMILES string of the molecule is CC(=O)c1c(Cl)ccc(Cl)c1OCCCl. The van der Waals surface area contributed by atoms with Crippen molar-refractivity contribution in [3.05, 3.63) is 27.7 Å². The summed E-state index contributed by atoms with van der Waals surface area (Å²) < 4.78 is 5.29. The molecule has 82 valence electrons. The van der Waals surface area contributed by atoms with Crippen molar-refractivity contribution in [2.24, 2.45) is 0 Å². The predicted octanol–water partition coefficient (Wildman–Crippen LogP) is 3.81. The molecule has 0 radical (unpaired) electrons. The van der Waals surface area contributed by atoms with Crippen LogP contribution in [0.15, 0.2) is 12.1 Å². The van der Waals surface area contributed by atoms with Crippen LogP contribution in [0.5, 0.6) is 5.75 Å². The molecule has 0 atom stereocenters. The standard InChI is InChI=1S/C10H9Cl3O2/c1-6(14)9-7(12)2-3-8(13)10(9)15-5-4-11/h2-3H,4-5H2,1H3. The number of carbonyl (C=O) groups excluding carboxylic acids is 1. The van der Waals surface area contributed by atoms with Gasteiger partial charge in [0.05, 0.1) is 21.5 Å². The van der Waals surface area contributed by atoms with Crippen LogP contribution in [0.3, 0.4) is 0 Å². The van der Waals surface area contributed by atoms with E-state index in [1.807, 2.05) is 0 Å². The molecular weight excluding hydrogens is 258 g/mol. The Morgan fingerprint density at radius 2 is 1.93 bits per heavy atom. The number of rotatable bonds is 4. The van der Waals surface area contributed by atoms with Crippen molar-refractivity contribution >= 4 is 40.6 Å². The molecule has 0 aliphatic heterocycles. The predicted molar refractivity (Wildman–Crippen MR) is 62.7 cm³/mol. The van der Waals surface area contributed by atoms with E-state index in [2.05, 4.69) is 0 Å². The van der Waals surface area contributed by atoms with Gasteiger partial charge in [-0.2, -0.15) is 0 Å². The minimum absolute atomic E-state index is 0.188. The Kier molecular flexibility index (Phi) is 4.71. The Balaban J connectivity index is 3.19. The maximum absolute atomic E-state index is 11.3. The van der Waals surface area contributed by atoms with Crippen molar-refractivity contribution in [2.45, 2.75) is 6.92 Å². The third kappa shape index (κ3) is 3.00. The summed E-state index contributed by atoms with van der Waals surface area (Å²) in [6, 6.07) is 3.15. The van der Waals surface area contributed by atoms with Crippen molar-refractivity contribution in [3.8, 4) is 5.75 Å². The average molecular weight is 268 g/mol. The van der Waals surface area contributed by atoms with Crippen molar-refractivity contribution in [2.75, 3.05) is 12.5 Å². The number of carbonyl (C=O) groups is 1. The molecule has 0 unspecified atom stereocenters. The van der Waals surface area contributed by atoms with Crippen LogP contribution in [-0.2, 0) is 0 Å². The van der Waals surface area contributed by atoms with E-state index in [-0.39, 0.29) is 12.4 Å². The van der Waals surface area contributed by atoms with Crippen molar-refractivity contribution in [1.82, 2.24) is 0 Å². The van der Waals surface area contributed by atoms with E-state index < -0.39 is 0 Å². The van der Waals surface area contributed by atoms with Gasteiger partial charge in [0.15, 0.2) is 5.78 Å². The molecule has 0 saturated carbocycles. The minimum Gasteiger partial charge on any atom is -0.490 e. The van der Waals surface area contributed by atoms with E-state index in [0.717, 1.165) is 0 Å². The van der Waals surface area contributed by atoms with Gasteiger partial charge in [0.2, 0.25) is 0 Å². The van der Waals surface area contributed by atoms with Crippen LogP contribution in [0.2, 0.25) is 10.0 Å². The Morgan fingerprint density at radius 3 is 2.47 bits per heavy atom. The molecule has 0 heterocycles. The second kappa shape index (κ2) is 5.59.